The number of nitrogens with zero attached hydrogens (tertiary/aromatic N) is 1. The van der Waals surface area contributed by atoms with E-state index in [-0.39, 0.29) is 5.91 Å². The second-order valence-electron chi connectivity index (χ2n) is 6.34. The SMILES string of the molecule is COc1cccc(N2C(=O)C(=Cc3ccc(Oc4ccc(Cl)cc4)cc3)SC2=S)c1. The van der Waals surface area contributed by atoms with Crippen LogP contribution in [0.4, 0.5) is 5.69 Å². The van der Waals surface area contributed by atoms with E-state index in [1.807, 2.05) is 48.5 Å². The lowest BCUT2D eigenvalue weighted by Gasteiger charge is -2.15. The van der Waals surface area contributed by atoms with E-state index in [1.54, 1.807) is 37.4 Å². The van der Waals surface area contributed by atoms with Crippen molar-refractivity contribution in [1.82, 2.24) is 0 Å². The molecule has 30 heavy (non-hydrogen) atoms. The lowest BCUT2D eigenvalue weighted by Crippen LogP contribution is -2.27. The Morgan fingerprint density at radius 2 is 1.63 bits per heavy atom. The smallest absolute Gasteiger partial charge is 0.270 e. The quantitative estimate of drug-likeness (QED) is 0.323. The Hall–Kier alpha value is -2.80. The molecule has 0 bridgehead atoms. The maximum absolute atomic E-state index is 12.9. The number of amides is 1. The number of hydrogen-bond donors (Lipinski definition) is 0. The first-order valence-corrected chi connectivity index (χ1v) is 10.6. The highest BCUT2D eigenvalue weighted by Crippen LogP contribution is 2.37. The van der Waals surface area contributed by atoms with Gasteiger partial charge in [-0.25, -0.2) is 0 Å². The lowest BCUT2D eigenvalue weighted by atomic mass is 10.2. The van der Waals surface area contributed by atoms with Crippen LogP contribution >= 0.6 is 35.6 Å². The normalized spacial score (nSPS) is 15.0. The summed E-state index contributed by atoms with van der Waals surface area (Å²) in [5.41, 5.74) is 1.57. The number of benzene rings is 3. The summed E-state index contributed by atoms with van der Waals surface area (Å²) < 4.78 is 11.5. The van der Waals surface area contributed by atoms with Crippen molar-refractivity contribution in [3.05, 3.63) is 88.3 Å². The molecule has 4 nitrogen and oxygen atoms in total. The fourth-order valence-corrected chi connectivity index (χ4v) is 4.29. The standard InChI is InChI=1S/C23H16ClNO3S2/c1-27-20-4-2-3-17(14-20)25-22(26)21(30-23(25)29)13-15-5-9-18(10-6-15)28-19-11-7-16(24)8-12-19/h2-14H,1H3. The Balaban J connectivity index is 1.51. The zero-order valence-corrected chi connectivity index (χ0v) is 18.3. The molecule has 0 radical (unpaired) electrons. The highest BCUT2D eigenvalue weighted by molar-refractivity contribution is 8.27. The van der Waals surface area contributed by atoms with E-state index in [9.17, 15) is 4.79 Å². The Morgan fingerprint density at radius 1 is 0.967 bits per heavy atom. The number of methoxy groups -OCH3 is 1. The molecular weight excluding hydrogens is 438 g/mol. The van der Waals surface area contributed by atoms with Crippen LogP contribution < -0.4 is 14.4 Å². The van der Waals surface area contributed by atoms with E-state index in [1.165, 1.54) is 16.7 Å². The number of carbonyl (C=O) groups is 1. The molecular formula is C23H16ClNO3S2. The molecule has 0 N–H and O–H groups in total. The van der Waals surface area contributed by atoms with Crippen LogP contribution in [-0.2, 0) is 4.79 Å². The Morgan fingerprint density at radius 3 is 2.30 bits per heavy atom. The van der Waals surface area contributed by atoms with Crippen molar-refractivity contribution in [3.8, 4) is 17.2 Å². The monoisotopic (exact) mass is 453 g/mol. The van der Waals surface area contributed by atoms with Gasteiger partial charge in [0.15, 0.2) is 4.32 Å². The lowest BCUT2D eigenvalue weighted by molar-refractivity contribution is -0.113. The van der Waals surface area contributed by atoms with Crippen molar-refractivity contribution in [2.24, 2.45) is 0 Å². The molecule has 4 rings (SSSR count). The number of anilines is 1. The van der Waals surface area contributed by atoms with Gasteiger partial charge in [-0.3, -0.25) is 9.69 Å². The minimum absolute atomic E-state index is 0.153. The van der Waals surface area contributed by atoms with Gasteiger partial charge in [-0.1, -0.05) is 53.8 Å². The third kappa shape index (κ3) is 4.51. The Kier molecular flexibility index (Phi) is 6.08. The molecule has 3 aromatic carbocycles. The molecule has 1 fully saturated rings. The van der Waals surface area contributed by atoms with Crippen molar-refractivity contribution < 1.29 is 14.3 Å². The maximum Gasteiger partial charge on any atom is 0.270 e. The molecule has 1 aliphatic rings. The molecule has 1 saturated heterocycles. The molecule has 0 aromatic heterocycles. The van der Waals surface area contributed by atoms with Gasteiger partial charge in [-0.15, -0.1) is 0 Å². The Bertz CT molecular complexity index is 1130. The number of carbonyl (C=O) groups excluding carboxylic acids is 1. The average molecular weight is 454 g/mol. The minimum atomic E-state index is -0.153. The van der Waals surface area contributed by atoms with E-state index in [2.05, 4.69) is 0 Å². The summed E-state index contributed by atoms with van der Waals surface area (Å²) in [6, 6.07) is 21.9. The highest BCUT2D eigenvalue weighted by atomic mass is 35.5. The largest absolute Gasteiger partial charge is 0.497 e. The second-order valence-corrected chi connectivity index (χ2v) is 8.46. The summed E-state index contributed by atoms with van der Waals surface area (Å²) in [6.07, 6.45) is 1.82. The van der Waals surface area contributed by atoms with Crippen LogP contribution in [-0.4, -0.2) is 17.3 Å². The van der Waals surface area contributed by atoms with Crippen LogP contribution in [0.2, 0.25) is 5.02 Å². The van der Waals surface area contributed by atoms with Crippen LogP contribution in [0.3, 0.4) is 0 Å². The van der Waals surface area contributed by atoms with Gasteiger partial charge in [0.25, 0.3) is 5.91 Å². The first-order chi connectivity index (χ1) is 14.5. The maximum atomic E-state index is 12.9. The summed E-state index contributed by atoms with van der Waals surface area (Å²) in [5, 5.41) is 0.656. The van der Waals surface area contributed by atoms with Crippen LogP contribution in [0.5, 0.6) is 17.2 Å². The molecule has 0 spiro atoms. The van der Waals surface area contributed by atoms with Crippen LogP contribution in [0, 0.1) is 0 Å². The molecule has 150 valence electrons. The van der Waals surface area contributed by atoms with E-state index in [0.29, 0.717) is 37.2 Å². The molecule has 3 aromatic rings. The van der Waals surface area contributed by atoms with E-state index < -0.39 is 0 Å². The Labute approximate surface area is 189 Å². The van der Waals surface area contributed by atoms with Crippen molar-refractivity contribution >= 4 is 57.6 Å². The number of ether oxygens (including phenoxy) is 2. The van der Waals surface area contributed by atoms with Crippen LogP contribution in [0.1, 0.15) is 5.56 Å². The molecule has 0 saturated carbocycles. The zero-order valence-electron chi connectivity index (χ0n) is 15.9. The van der Waals surface area contributed by atoms with E-state index >= 15 is 0 Å². The fourth-order valence-electron chi connectivity index (χ4n) is 2.86. The summed E-state index contributed by atoms with van der Waals surface area (Å²) in [5.74, 6) is 1.91. The predicted octanol–water partition coefficient (Wildman–Crippen LogP) is 6.55. The number of thioether (sulfide) groups is 1. The summed E-state index contributed by atoms with van der Waals surface area (Å²) >= 11 is 12.6. The van der Waals surface area contributed by atoms with Gasteiger partial charge >= 0.3 is 0 Å². The minimum Gasteiger partial charge on any atom is -0.497 e. The third-order valence-electron chi connectivity index (χ3n) is 4.33. The highest BCUT2D eigenvalue weighted by Gasteiger charge is 2.33. The number of rotatable bonds is 5. The summed E-state index contributed by atoms with van der Waals surface area (Å²) in [7, 11) is 1.59. The van der Waals surface area contributed by atoms with E-state index in [0.717, 1.165) is 5.56 Å². The molecule has 7 heteroatoms. The van der Waals surface area contributed by atoms with Crippen molar-refractivity contribution in [2.45, 2.75) is 0 Å². The molecule has 0 aliphatic carbocycles. The van der Waals surface area contributed by atoms with Crippen molar-refractivity contribution in [1.29, 1.82) is 0 Å². The van der Waals surface area contributed by atoms with Gasteiger partial charge in [-0.05, 0) is 60.2 Å². The van der Waals surface area contributed by atoms with Gasteiger partial charge in [-0.2, -0.15) is 0 Å². The molecule has 1 amide bonds. The first kappa shape index (κ1) is 20.5. The molecule has 1 heterocycles. The second kappa shape index (κ2) is 8.92. The van der Waals surface area contributed by atoms with Gasteiger partial charge in [0.2, 0.25) is 0 Å². The number of hydrogen-bond acceptors (Lipinski definition) is 5. The van der Waals surface area contributed by atoms with Gasteiger partial charge in [0.1, 0.15) is 17.2 Å². The van der Waals surface area contributed by atoms with Gasteiger partial charge in [0, 0.05) is 11.1 Å². The predicted molar refractivity (Wildman–Crippen MR) is 127 cm³/mol. The molecule has 0 atom stereocenters. The average Bonchev–Trinajstić information content (AvgIpc) is 3.04. The zero-order chi connectivity index (χ0) is 21.1. The fraction of sp³-hybridized carbons (Fsp3) is 0.0435. The topological polar surface area (TPSA) is 38.8 Å². The van der Waals surface area contributed by atoms with Crippen molar-refractivity contribution in [2.75, 3.05) is 12.0 Å². The summed E-state index contributed by atoms with van der Waals surface area (Å²) in [6.45, 7) is 0. The number of thiocarbonyl (C=S) groups is 1. The van der Waals surface area contributed by atoms with Crippen LogP contribution in [0.25, 0.3) is 6.08 Å². The summed E-state index contributed by atoms with van der Waals surface area (Å²) in [4.78, 5) is 15.0. The van der Waals surface area contributed by atoms with Crippen molar-refractivity contribution in [3.63, 3.8) is 0 Å². The van der Waals surface area contributed by atoms with E-state index in [4.69, 9.17) is 33.3 Å². The molecule has 1 aliphatic heterocycles. The third-order valence-corrected chi connectivity index (χ3v) is 5.89. The number of halogens is 1. The first-order valence-electron chi connectivity index (χ1n) is 8.99. The van der Waals surface area contributed by atoms with Crippen LogP contribution in [0.15, 0.2) is 77.7 Å². The van der Waals surface area contributed by atoms with Gasteiger partial charge < -0.3 is 9.47 Å². The van der Waals surface area contributed by atoms with Gasteiger partial charge in [0.05, 0.1) is 17.7 Å². The molecule has 0 unspecified atom stereocenters.